The molecule has 0 aliphatic rings. The maximum atomic E-state index is 5.76. The molecule has 0 fully saturated rings. The molecule has 0 unspecified atom stereocenters. The summed E-state index contributed by atoms with van der Waals surface area (Å²) in [4.78, 5) is 7.71. The van der Waals surface area contributed by atoms with Gasteiger partial charge in [-0.2, -0.15) is 0 Å². The summed E-state index contributed by atoms with van der Waals surface area (Å²) in [5, 5.41) is 0. The van der Waals surface area contributed by atoms with Crippen LogP contribution in [0.4, 0.5) is 0 Å². The Hall–Kier alpha value is -1.81. The average Bonchev–Trinajstić information content (AvgIpc) is 2.78. The van der Waals surface area contributed by atoms with Crippen LogP contribution >= 0.6 is 0 Å². The van der Waals surface area contributed by atoms with Crippen LogP contribution in [0.5, 0.6) is 5.75 Å². The van der Waals surface area contributed by atoms with E-state index in [1.54, 1.807) is 7.11 Å². The first-order chi connectivity index (χ1) is 9.06. The summed E-state index contributed by atoms with van der Waals surface area (Å²) in [5.41, 5.74) is 9.81. The van der Waals surface area contributed by atoms with Gasteiger partial charge in [-0.15, -0.1) is 0 Å². The van der Waals surface area contributed by atoms with Crippen LogP contribution in [0.3, 0.4) is 0 Å². The van der Waals surface area contributed by atoms with E-state index in [9.17, 15) is 0 Å². The molecule has 3 N–H and O–H groups in total. The Morgan fingerprint density at radius 3 is 2.68 bits per heavy atom. The van der Waals surface area contributed by atoms with Crippen LogP contribution in [0.25, 0.3) is 11.3 Å². The minimum Gasteiger partial charge on any atom is -0.496 e. The Labute approximate surface area is 114 Å². The largest absolute Gasteiger partial charge is 0.496 e. The van der Waals surface area contributed by atoms with Crippen molar-refractivity contribution >= 4 is 0 Å². The molecule has 0 radical (unpaired) electrons. The van der Waals surface area contributed by atoms with E-state index in [0.717, 1.165) is 28.5 Å². The Morgan fingerprint density at radius 2 is 2.11 bits per heavy atom. The number of hydrogen-bond donors (Lipinski definition) is 2. The summed E-state index contributed by atoms with van der Waals surface area (Å²) in [7, 11) is 1.69. The van der Waals surface area contributed by atoms with Gasteiger partial charge in [0.1, 0.15) is 11.6 Å². The molecule has 0 spiro atoms. The lowest BCUT2D eigenvalue weighted by Gasteiger charge is -2.12. The highest BCUT2D eigenvalue weighted by molar-refractivity contribution is 5.70. The summed E-state index contributed by atoms with van der Waals surface area (Å²) < 4.78 is 5.50. The van der Waals surface area contributed by atoms with E-state index in [2.05, 4.69) is 42.0 Å². The number of H-pyrrole nitrogens is 1. The van der Waals surface area contributed by atoms with Crippen molar-refractivity contribution in [2.24, 2.45) is 5.73 Å². The molecule has 19 heavy (non-hydrogen) atoms. The van der Waals surface area contributed by atoms with Crippen LogP contribution in [0, 0.1) is 6.92 Å². The first-order valence-electron chi connectivity index (χ1n) is 6.50. The molecule has 0 atom stereocenters. The zero-order valence-corrected chi connectivity index (χ0v) is 11.9. The van der Waals surface area contributed by atoms with Gasteiger partial charge in [-0.1, -0.05) is 19.9 Å². The van der Waals surface area contributed by atoms with E-state index >= 15 is 0 Å². The maximum Gasteiger partial charge on any atom is 0.128 e. The predicted molar refractivity (Wildman–Crippen MR) is 77.3 cm³/mol. The normalized spacial score (nSPS) is 11.1. The van der Waals surface area contributed by atoms with E-state index in [-0.39, 0.29) is 0 Å². The molecule has 0 saturated carbocycles. The third kappa shape index (κ3) is 2.63. The van der Waals surface area contributed by atoms with Gasteiger partial charge in [-0.05, 0) is 30.5 Å². The number of rotatable bonds is 4. The monoisotopic (exact) mass is 259 g/mol. The van der Waals surface area contributed by atoms with Crippen LogP contribution in [0.1, 0.15) is 36.8 Å². The fraction of sp³-hybridized carbons (Fsp3) is 0.400. The topological polar surface area (TPSA) is 63.9 Å². The second-order valence-corrected chi connectivity index (χ2v) is 4.97. The molecule has 1 aromatic heterocycles. The lowest BCUT2D eigenvalue weighted by molar-refractivity contribution is 0.415. The van der Waals surface area contributed by atoms with Gasteiger partial charge in [-0.25, -0.2) is 4.98 Å². The molecule has 0 amide bonds. The van der Waals surface area contributed by atoms with E-state index in [1.807, 2.05) is 6.92 Å². The molecular weight excluding hydrogens is 238 g/mol. The number of aromatic nitrogens is 2. The molecule has 4 nitrogen and oxygen atoms in total. The molecule has 0 saturated heterocycles. The van der Waals surface area contributed by atoms with Crippen LogP contribution in [-0.4, -0.2) is 17.1 Å². The highest BCUT2D eigenvalue weighted by Gasteiger charge is 2.15. The number of hydrogen-bond acceptors (Lipinski definition) is 3. The number of aryl methyl sites for hydroxylation is 1. The number of benzene rings is 1. The van der Waals surface area contributed by atoms with E-state index in [4.69, 9.17) is 10.5 Å². The van der Waals surface area contributed by atoms with Gasteiger partial charge in [0, 0.05) is 12.1 Å². The fourth-order valence-corrected chi connectivity index (χ4v) is 2.17. The van der Waals surface area contributed by atoms with Crippen molar-refractivity contribution in [1.82, 2.24) is 9.97 Å². The molecule has 2 aromatic rings. The number of nitrogens with zero attached hydrogens (tertiary/aromatic N) is 1. The maximum absolute atomic E-state index is 5.76. The van der Waals surface area contributed by atoms with E-state index < -0.39 is 0 Å². The molecule has 0 aliphatic carbocycles. The third-order valence-corrected chi connectivity index (χ3v) is 3.25. The first-order valence-corrected chi connectivity index (χ1v) is 6.50. The summed E-state index contributed by atoms with van der Waals surface area (Å²) in [6.45, 7) is 6.69. The summed E-state index contributed by atoms with van der Waals surface area (Å²) in [5.74, 6) is 2.18. The van der Waals surface area contributed by atoms with Gasteiger partial charge >= 0.3 is 0 Å². The first kappa shape index (κ1) is 13.6. The highest BCUT2D eigenvalue weighted by Crippen LogP contribution is 2.33. The Bertz CT molecular complexity index is 573. The molecule has 102 valence electrons. The van der Waals surface area contributed by atoms with Crippen LogP contribution < -0.4 is 10.5 Å². The van der Waals surface area contributed by atoms with Gasteiger partial charge < -0.3 is 15.5 Å². The number of aromatic amines is 1. The van der Waals surface area contributed by atoms with Gasteiger partial charge in [0.15, 0.2) is 0 Å². The van der Waals surface area contributed by atoms with Gasteiger partial charge in [-0.3, -0.25) is 0 Å². The van der Waals surface area contributed by atoms with E-state index in [1.165, 1.54) is 5.56 Å². The van der Waals surface area contributed by atoms with Crippen LogP contribution in [0.15, 0.2) is 18.2 Å². The molecule has 1 heterocycles. The highest BCUT2D eigenvalue weighted by atomic mass is 16.5. The minimum atomic E-state index is 0.436. The zero-order chi connectivity index (χ0) is 14.0. The fourth-order valence-electron chi connectivity index (χ4n) is 2.17. The smallest absolute Gasteiger partial charge is 0.128 e. The third-order valence-electron chi connectivity index (χ3n) is 3.25. The second kappa shape index (κ2) is 5.45. The average molecular weight is 259 g/mol. The standard InChI is InChI=1S/C15H21N3O/c1-9(2)11-5-6-12(14(7-11)19-4)15-13(8-16)17-10(3)18-15/h5-7,9H,8,16H2,1-4H3,(H,17,18). The molecule has 0 aliphatic heterocycles. The van der Waals surface area contributed by atoms with Crippen molar-refractivity contribution in [3.8, 4) is 17.0 Å². The summed E-state index contributed by atoms with van der Waals surface area (Å²) in [6, 6.07) is 6.25. The van der Waals surface area contributed by atoms with E-state index in [0.29, 0.717) is 12.5 Å². The van der Waals surface area contributed by atoms with Gasteiger partial charge in [0.05, 0.1) is 18.5 Å². The number of nitrogens with one attached hydrogen (secondary N) is 1. The minimum absolute atomic E-state index is 0.436. The Morgan fingerprint density at radius 1 is 1.37 bits per heavy atom. The van der Waals surface area contributed by atoms with Gasteiger partial charge in [0.25, 0.3) is 0 Å². The van der Waals surface area contributed by atoms with Crippen molar-refractivity contribution in [2.45, 2.75) is 33.2 Å². The Balaban J connectivity index is 2.55. The predicted octanol–water partition coefficient (Wildman–Crippen LogP) is 2.98. The SMILES string of the molecule is COc1cc(C(C)C)ccc1-c1nc(C)[nH]c1CN. The number of nitrogens with two attached hydrogens (primary N) is 1. The second-order valence-electron chi connectivity index (χ2n) is 4.97. The van der Waals surface area contributed by atoms with Crippen molar-refractivity contribution in [3.05, 3.63) is 35.3 Å². The molecule has 1 aromatic carbocycles. The summed E-state index contributed by atoms with van der Waals surface area (Å²) >= 11 is 0. The van der Waals surface area contributed by atoms with Crippen LogP contribution in [-0.2, 0) is 6.54 Å². The van der Waals surface area contributed by atoms with Crippen molar-refractivity contribution in [2.75, 3.05) is 7.11 Å². The van der Waals surface area contributed by atoms with Crippen molar-refractivity contribution in [3.63, 3.8) is 0 Å². The molecular formula is C15H21N3O. The number of methoxy groups -OCH3 is 1. The lowest BCUT2D eigenvalue weighted by Crippen LogP contribution is -2.00. The number of imidazole rings is 1. The lowest BCUT2D eigenvalue weighted by atomic mass is 9.99. The molecule has 2 rings (SSSR count). The molecule has 0 bridgehead atoms. The Kier molecular flexibility index (Phi) is 3.90. The van der Waals surface area contributed by atoms with Crippen LogP contribution in [0.2, 0.25) is 0 Å². The number of ether oxygens (including phenoxy) is 1. The van der Waals surface area contributed by atoms with Crippen molar-refractivity contribution in [1.29, 1.82) is 0 Å². The van der Waals surface area contributed by atoms with Crippen molar-refractivity contribution < 1.29 is 4.74 Å². The zero-order valence-electron chi connectivity index (χ0n) is 11.9. The molecule has 4 heteroatoms. The van der Waals surface area contributed by atoms with Gasteiger partial charge in [0.2, 0.25) is 0 Å². The summed E-state index contributed by atoms with van der Waals surface area (Å²) in [6.07, 6.45) is 0. The quantitative estimate of drug-likeness (QED) is 0.887.